The van der Waals surface area contributed by atoms with E-state index in [2.05, 4.69) is 10.3 Å². The first kappa shape index (κ1) is 16.0. The summed E-state index contributed by atoms with van der Waals surface area (Å²) in [4.78, 5) is 30.3. The molecule has 1 saturated heterocycles. The van der Waals surface area contributed by atoms with Crippen molar-refractivity contribution >= 4 is 23.5 Å². The van der Waals surface area contributed by atoms with Gasteiger partial charge in [0.25, 0.3) is 5.91 Å². The Bertz CT molecular complexity index is 860. The van der Waals surface area contributed by atoms with E-state index in [-0.39, 0.29) is 12.5 Å². The maximum absolute atomic E-state index is 12.8. The highest BCUT2D eigenvalue weighted by Crippen LogP contribution is 2.30. The predicted octanol–water partition coefficient (Wildman–Crippen LogP) is 2.57. The van der Waals surface area contributed by atoms with E-state index in [0.29, 0.717) is 21.8 Å². The molecule has 1 aromatic carbocycles. The molecule has 1 aliphatic rings. The van der Waals surface area contributed by atoms with Gasteiger partial charge in [0.15, 0.2) is 0 Å². The van der Waals surface area contributed by atoms with Gasteiger partial charge >= 0.3 is 6.03 Å². The molecule has 0 radical (unpaired) electrons. The molecule has 2 heterocycles. The van der Waals surface area contributed by atoms with Crippen molar-refractivity contribution in [1.29, 1.82) is 5.26 Å². The van der Waals surface area contributed by atoms with Crippen LogP contribution in [-0.2, 0) is 16.9 Å². The molecule has 3 rings (SSSR count). The number of halogens is 1. The van der Waals surface area contributed by atoms with Gasteiger partial charge in [-0.05, 0) is 36.8 Å². The third-order valence-electron chi connectivity index (χ3n) is 3.95. The SMILES string of the molecule is C[C@]1(c2cccc(C#N)c2)NC(=O)N(Cc2ccc(Cl)cn2)C1=O. The van der Waals surface area contributed by atoms with E-state index in [0.717, 1.165) is 4.90 Å². The Morgan fingerprint density at radius 2 is 2.12 bits per heavy atom. The van der Waals surface area contributed by atoms with Crippen LogP contribution in [0.1, 0.15) is 23.7 Å². The summed E-state index contributed by atoms with van der Waals surface area (Å²) in [5.41, 5.74) is 0.328. The molecule has 0 spiro atoms. The number of nitrogens with one attached hydrogen (secondary N) is 1. The average molecular weight is 341 g/mol. The van der Waals surface area contributed by atoms with Gasteiger partial charge in [0.1, 0.15) is 5.54 Å². The molecule has 7 heteroatoms. The molecule has 1 atom stereocenters. The Balaban J connectivity index is 1.90. The number of hydrogen-bond acceptors (Lipinski definition) is 4. The van der Waals surface area contributed by atoms with Crippen LogP contribution in [0.15, 0.2) is 42.6 Å². The molecule has 3 amide bonds. The van der Waals surface area contributed by atoms with E-state index in [1.807, 2.05) is 6.07 Å². The van der Waals surface area contributed by atoms with Gasteiger partial charge in [0, 0.05) is 6.20 Å². The summed E-state index contributed by atoms with van der Waals surface area (Å²) in [6.07, 6.45) is 1.46. The lowest BCUT2D eigenvalue weighted by Crippen LogP contribution is -2.40. The summed E-state index contributed by atoms with van der Waals surface area (Å²) in [5, 5.41) is 12.2. The number of imide groups is 1. The maximum atomic E-state index is 12.8. The van der Waals surface area contributed by atoms with Crippen molar-refractivity contribution in [2.75, 3.05) is 0 Å². The van der Waals surface area contributed by atoms with Gasteiger partial charge in [-0.1, -0.05) is 23.7 Å². The fourth-order valence-electron chi connectivity index (χ4n) is 2.60. The van der Waals surface area contributed by atoms with E-state index in [4.69, 9.17) is 16.9 Å². The van der Waals surface area contributed by atoms with Gasteiger partial charge < -0.3 is 5.32 Å². The normalized spacial score (nSPS) is 20.0. The molecule has 1 N–H and O–H groups in total. The molecule has 0 unspecified atom stereocenters. The zero-order valence-electron chi connectivity index (χ0n) is 12.8. The Kier molecular flexibility index (Phi) is 3.96. The van der Waals surface area contributed by atoms with Gasteiger partial charge in [0.05, 0.1) is 28.9 Å². The fourth-order valence-corrected chi connectivity index (χ4v) is 2.71. The standard InChI is InChI=1S/C17H13ClN4O2/c1-17(12-4-2-3-11(7-12)8-19)15(23)22(16(24)21-17)10-14-6-5-13(18)9-20-14/h2-7,9H,10H2,1H3,(H,21,24)/t17-/m1/s1. The van der Waals surface area contributed by atoms with Crippen molar-refractivity contribution in [3.05, 3.63) is 64.4 Å². The first-order valence-corrected chi connectivity index (χ1v) is 7.57. The van der Waals surface area contributed by atoms with Crippen molar-refractivity contribution in [2.24, 2.45) is 0 Å². The number of hydrogen-bond donors (Lipinski definition) is 1. The van der Waals surface area contributed by atoms with Gasteiger partial charge in [0.2, 0.25) is 0 Å². The first-order valence-electron chi connectivity index (χ1n) is 7.19. The smallest absolute Gasteiger partial charge is 0.319 e. The summed E-state index contributed by atoms with van der Waals surface area (Å²) in [5.74, 6) is -0.390. The summed E-state index contributed by atoms with van der Waals surface area (Å²) >= 11 is 5.79. The summed E-state index contributed by atoms with van der Waals surface area (Å²) < 4.78 is 0. The molecule has 1 fully saturated rings. The molecule has 1 aromatic heterocycles. The number of nitrogens with zero attached hydrogens (tertiary/aromatic N) is 3. The molecule has 6 nitrogen and oxygen atoms in total. The molecule has 0 saturated carbocycles. The quantitative estimate of drug-likeness (QED) is 0.870. The second-order valence-corrected chi connectivity index (χ2v) is 6.04. The Morgan fingerprint density at radius 1 is 1.33 bits per heavy atom. The molecule has 0 bridgehead atoms. The van der Waals surface area contributed by atoms with Crippen molar-refractivity contribution in [2.45, 2.75) is 19.0 Å². The lowest BCUT2D eigenvalue weighted by atomic mass is 9.91. The Labute approximate surface area is 143 Å². The lowest BCUT2D eigenvalue weighted by Gasteiger charge is -2.22. The number of aromatic nitrogens is 1. The maximum Gasteiger partial charge on any atom is 0.325 e. The molecule has 1 aliphatic heterocycles. The van der Waals surface area contributed by atoms with E-state index < -0.39 is 11.6 Å². The summed E-state index contributed by atoms with van der Waals surface area (Å²) in [6.45, 7) is 1.67. The largest absolute Gasteiger partial charge is 0.325 e. The number of nitriles is 1. The zero-order valence-corrected chi connectivity index (χ0v) is 13.5. The first-order chi connectivity index (χ1) is 11.4. The van der Waals surface area contributed by atoms with Gasteiger partial charge in [-0.25, -0.2) is 4.79 Å². The van der Waals surface area contributed by atoms with E-state index in [1.165, 1.54) is 6.20 Å². The van der Waals surface area contributed by atoms with Crippen LogP contribution in [0.4, 0.5) is 4.79 Å². The fraction of sp³-hybridized carbons (Fsp3) is 0.176. The minimum Gasteiger partial charge on any atom is -0.319 e. The second kappa shape index (κ2) is 5.95. The minimum atomic E-state index is -1.21. The molecular formula is C17H13ClN4O2. The number of carbonyl (C=O) groups excluding carboxylic acids is 2. The molecule has 2 aromatic rings. The third kappa shape index (κ3) is 2.70. The van der Waals surface area contributed by atoms with E-state index in [1.54, 1.807) is 43.3 Å². The van der Waals surface area contributed by atoms with Crippen molar-refractivity contribution in [3.63, 3.8) is 0 Å². The Hall–Kier alpha value is -2.91. The van der Waals surface area contributed by atoms with Gasteiger partial charge in [-0.3, -0.25) is 14.7 Å². The zero-order chi connectivity index (χ0) is 17.3. The van der Waals surface area contributed by atoms with Crippen LogP contribution in [-0.4, -0.2) is 21.8 Å². The monoisotopic (exact) mass is 340 g/mol. The highest BCUT2D eigenvalue weighted by molar-refractivity contribution is 6.30. The van der Waals surface area contributed by atoms with Crippen molar-refractivity contribution in [3.8, 4) is 6.07 Å². The van der Waals surface area contributed by atoms with E-state index >= 15 is 0 Å². The van der Waals surface area contributed by atoms with Gasteiger partial charge in [-0.15, -0.1) is 0 Å². The van der Waals surface area contributed by atoms with E-state index in [9.17, 15) is 9.59 Å². The second-order valence-electron chi connectivity index (χ2n) is 5.61. The highest BCUT2D eigenvalue weighted by Gasteiger charge is 2.49. The van der Waals surface area contributed by atoms with Crippen LogP contribution < -0.4 is 5.32 Å². The number of pyridine rings is 1. The third-order valence-corrected chi connectivity index (χ3v) is 4.18. The van der Waals surface area contributed by atoms with Crippen molar-refractivity contribution in [1.82, 2.24) is 15.2 Å². The number of rotatable bonds is 3. The molecule has 120 valence electrons. The predicted molar refractivity (Wildman–Crippen MR) is 86.8 cm³/mol. The minimum absolute atomic E-state index is 0.0510. The molecule has 24 heavy (non-hydrogen) atoms. The summed E-state index contributed by atoms with van der Waals surface area (Å²) in [6, 6.07) is 11.5. The van der Waals surface area contributed by atoms with Crippen LogP contribution in [0.3, 0.4) is 0 Å². The Morgan fingerprint density at radius 3 is 2.79 bits per heavy atom. The van der Waals surface area contributed by atoms with Crippen LogP contribution in [0, 0.1) is 11.3 Å². The number of carbonyl (C=O) groups is 2. The van der Waals surface area contributed by atoms with Gasteiger partial charge in [-0.2, -0.15) is 5.26 Å². The number of amides is 3. The highest BCUT2D eigenvalue weighted by atomic mass is 35.5. The lowest BCUT2D eigenvalue weighted by molar-refractivity contribution is -0.131. The topological polar surface area (TPSA) is 86.1 Å². The summed E-state index contributed by atoms with van der Waals surface area (Å²) in [7, 11) is 0. The average Bonchev–Trinajstić information content (AvgIpc) is 2.81. The molecular weight excluding hydrogens is 328 g/mol. The number of urea groups is 1. The van der Waals surface area contributed by atoms with Crippen LogP contribution >= 0.6 is 11.6 Å². The number of benzene rings is 1. The molecule has 0 aliphatic carbocycles. The van der Waals surface area contributed by atoms with Crippen molar-refractivity contribution < 1.29 is 9.59 Å². The van der Waals surface area contributed by atoms with Crippen LogP contribution in [0.25, 0.3) is 0 Å². The van der Waals surface area contributed by atoms with Crippen LogP contribution in [0.5, 0.6) is 0 Å². The van der Waals surface area contributed by atoms with Crippen LogP contribution in [0.2, 0.25) is 5.02 Å².